The van der Waals surface area contributed by atoms with Crippen LogP contribution < -0.4 is 5.32 Å². The number of carbonyl (C=O) groups excluding carboxylic acids is 1. The van der Waals surface area contributed by atoms with Crippen LogP contribution in [-0.4, -0.2) is 79.5 Å². The number of carbonyl (C=O) groups is 1. The lowest BCUT2D eigenvalue weighted by Crippen LogP contribution is -2.49. The first-order valence-corrected chi connectivity index (χ1v) is 9.15. The Hall–Kier alpha value is -0.370. The number of thiophene rings is 1. The molecule has 1 amide bonds. The van der Waals surface area contributed by atoms with E-state index in [2.05, 4.69) is 32.6 Å². The van der Waals surface area contributed by atoms with Crippen molar-refractivity contribution in [1.82, 2.24) is 20.0 Å². The van der Waals surface area contributed by atoms with Gasteiger partial charge in [-0.3, -0.25) is 9.69 Å². The van der Waals surface area contributed by atoms with E-state index >= 15 is 0 Å². The van der Waals surface area contributed by atoms with E-state index in [9.17, 15) is 4.79 Å². The van der Waals surface area contributed by atoms with Crippen LogP contribution in [0.4, 0.5) is 0 Å². The molecule has 0 spiro atoms. The highest BCUT2D eigenvalue weighted by Crippen LogP contribution is 2.13. The molecule has 0 aliphatic carbocycles. The molecule has 2 saturated heterocycles. The minimum absolute atomic E-state index is 0. The Morgan fingerprint density at radius 2 is 1.71 bits per heavy atom. The smallest absolute Gasteiger partial charge is 0.223 e. The van der Waals surface area contributed by atoms with Crippen LogP contribution in [0.15, 0.2) is 17.5 Å². The number of hydrogen-bond donors (Lipinski definition) is 1. The Morgan fingerprint density at radius 3 is 2.33 bits per heavy atom. The zero-order valence-corrected chi connectivity index (χ0v) is 16.4. The van der Waals surface area contributed by atoms with Crippen LogP contribution in [0.25, 0.3) is 0 Å². The number of hydrogen-bond acceptors (Lipinski definition) is 5. The number of nitrogens with zero attached hydrogens (tertiary/aromatic N) is 3. The second-order valence-corrected chi connectivity index (χ2v) is 7.11. The lowest BCUT2D eigenvalue weighted by molar-refractivity contribution is -0.132. The zero-order valence-electron chi connectivity index (χ0n) is 14.0. The summed E-state index contributed by atoms with van der Waals surface area (Å²) >= 11 is 1.84. The predicted octanol–water partition coefficient (Wildman–Crippen LogP) is 1.53. The minimum Gasteiger partial charge on any atom is -0.340 e. The van der Waals surface area contributed by atoms with Crippen molar-refractivity contribution in [1.29, 1.82) is 0 Å². The Balaban J connectivity index is 0.00000144. The fraction of sp³-hybridized carbons (Fsp3) is 0.688. The number of nitrogens with one attached hydrogen (secondary N) is 1. The summed E-state index contributed by atoms with van der Waals surface area (Å²) in [5.41, 5.74) is 0. The van der Waals surface area contributed by atoms with Gasteiger partial charge in [-0.1, -0.05) is 6.07 Å². The standard InChI is InChI=1S/C16H26N4OS.2ClH/c21-16(20-7-4-17-5-8-20)3-6-18-9-11-19(12-10-18)14-15-2-1-13-22-15;;/h1-2,13,17H,3-12,14H2;2*1H. The molecule has 8 heteroatoms. The van der Waals surface area contributed by atoms with Crippen LogP contribution in [0, 0.1) is 0 Å². The molecular formula is C16H28Cl2N4OS. The molecule has 2 aliphatic heterocycles. The molecule has 0 bridgehead atoms. The lowest BCUT2D eigenvalue weighted by Gasteiger charge is -2.35. The molecule has 0 atom stereocenters. The molecule has 0 unspecified atom stereocenters. The van der Waals surface area contributed by atoms with E-state index in [4.69, 9.17) is 0 Å². The van der Waals surface area contributed by atoms with Gasteiger partial charge in [0.05, 0.1) is 0 Å². The van der Waals surface area contributed by atoms with Crippen LogP contribution >= 0.6 is 36.2 Å². The fourth-order valence-electron chi connectivity index (χ4n) is 3.12. The Bertz CT molecular complexity index is 461. The predicted molar refractivity (Wildman–Crippen MR) is 105 cm³/mol. The first kappa shape index (κ1) is 21.7. The van der Waals surface area contributed by atoms with Crippen LogP contribution in [-0.2, 0) is 11.3 Å². The van der Waals surface area contributed by atoms with E-state index in [1.165, 1.54) is 4.88 Å². The van der Waals surface area contributed by atoms with Crippen molar-refractivity contribution >= 4 is 42.1 Å². The van der Waals surface area contributed by atoms with Crippen molar-refractivity contribution in [2.24, 2.45) is 0 Å². The molecule has 3 heterocycles. The Labute approximate surface area is 161 Å². The van der Waals surface area contributed by atoms with E-state index in [0.29, 0.717) is 12.3 Å². The number of halogens is 2. The normalized spacial score (nSPS) is 19.4. The summed E-state index contributed by atoms with van der Waals surface area (Å²) in [7, 11) is 0. The largest absolute Gasteiger partial charge is 0.340 e. The van der Waals surface area contributed by atoms with Crippen molar-refractivity contribution in [2.45, 2.75) is 13.0 Å². The van der Waals surface area contributed by atoms with Gasteiger partial charge in [0.15, 0.2) is 0 Å². The van der Waals surface area contributed by atoms with Gasteiger partial charge in [-0.15, -0.1) is 36.2 Å². The fourth-order valence-corrected chi connectivity index (χ4v) is 3.87. The first-order valence-electron chi connectivity index (χ1n) is 8.27. The van der Waals surface area contributed by atoms with Gasteiger partial charge in [-0.2, -0.15) is 0 Å². The van der Waals surface area contributed by atoms with Gasteiger partial charge in [-0.05, 0) is 11.4 Å². The average molecular weight is 395 g/mol. The summed E-state index contributed by atoms with van der Waals surface area (Å²) in [6, 6.07) is 4.33. The van der Waals surface area contributed by atoms with Crippen LogP contribution in [0.5, 0.6) is 0 Å². The summed E-state index contributed by atoms with van der Waals surface area (Å²) in [6.45, 7) is 9.99. The third-order valence-corrected chi connectivity index (χ3v) is 5.40. The van der Waals surface area contributed by atoms with E-state index in [-0.39, 0.29) is 24.8 Å². The van der Waals surface area contributed by atoms with E-state index in [1.807, 2.05) is 16.2 Å². The topological polar surface area (TPSA) is 38.8 Å². The van der Waals surface area contributed by atoms with Crippen molar-refractivity contribution in [3.05, 3.63) is 22.4 Å². The number of piperazine rings is 2. The highest BCUT2D eigenvalue weighted by Gasteiger charge is 2.20. The maximum atomic E-state index is 12.2. The average Bonchev–Trinajstić information content (AvgIpc) is 3.08. The van der Waals surface area contributed by atoms with E-state index in [0.717, 1.165) is 65.4 Å². The number of amides is 1. The molecule has 3 rings (SSSR count). The summed E-state index contributed by atoms with van der Waals surface area (Å²) in [5, 5.41) is 5.44. The number of rotatable bonds is 5. The third kappa shape index (κ3) is 6.50. The highest BCUT2D eigenvalue weighted by molar-refractivity contribution is 7.09. The third-order valence-electron chi connectivity index (χ3n) is 4.54. The lowest BCUT2D eigenvalue weighted by atomic mass is 10.2. The zero-order chi connectivity index (χ0) is 15.2. The molecule has 0 radical (unpaired) electrons. The van der Waals surface area contributed by atoms with Gasteiger partial charge in [0, 0.05) is 76.7 Å². The molecule has 5 nitrogen and oxygen atoms in total. The first-order chi connectivity index (χ1) is 10.8. The van der Waals surface area contributed by atoms with E-state index in [1.54, 1.807) is 0 Å². The van der Waals surface area contributed by atoms with Crippen LogP contribution in [0.3, 0.4) is 0 Å². The van der Waals surface area contributed by atoms with Crippen LogP contribution in [0.1, 0.15) is 11.3 Å². The van der Waals surface area contributed by atoms with Crippen molar-refractivity contribution in [3.8, 4) is 0 Å². The van der Waals surface area contributed by atoms with Gasteiger partial charge in [0.2, 0.25) is 5.91 Å². The molecule has 0 aromatic carbocycles. The molecule has 0 saturated carbocycles. The second kappa shape index (κ2) is 11.3. The van der Waals surface area contributed by atoms with Crippen LogP contribution in [0.2, 0.25) is 0 Å². The van der Waals surface area contributed by atoms with Crippen molar-refractivity contribution in [3.63, 3.8) is 0 Å². The summed E-state index contributed by atoms with van der Waals surface area (Å²) in [6.07, 6.45) is 0.672. The molecule has 1 aromatic rings. The molecule has 2 fully saturated rings. The van der Waals surface area contributed by atoms with Gasteiger partial charge < -0.3 is 15.1 Å². The summed E-state index contributed by atoms with van der Waals surface area (Å²) in [4.78, 5) is 20.6. The minimum atomic E-state index is 0. The van der Waals surface area contributed by atoms with E-state index < -0.39 is 0 Å². The van der Waals surface area contributed by atoms with Crippen molar-refractivity contribution < 1.29 is 4.79 Å². The van der Waals surface area contributed by atoms with Gasteiger partial charge in [0.25, 0.3) is 0 Å². The molecule has 138 valence electrons. The molecule has 1 aromatic heterocycles. The molecule has 24 heavy (non-hydrogen) atoms. The molecular weight excluding hydrogens is 367 g/mol. The van der Waals surface area contributed by atoms with Crippen molar-refractivity contribution in [2.75, 3.05) is 58.9 Å². The monoisotopic (exact) mass is 394 g/mol. The SMILES string of the molecule is Cl.Cl.O=C(CCN1CCN(Cc2cccs2)CC1)N1CCNCC1. The maximum absolute atomic E-state index is 12.2. The van der Waals surface area contributed by atoms with Gasteiger partial charge in [-0.25, -0.2) is 0 Å². The maximum Gasteiger partial charge on any atom is 0.223 e. The molecule has 2 aliphatic rings. The second-order valence-electron chi connectivity index (χ2n) is 6.08. The Kier molecular flexibility index (Phi) is 10.2. The van der Waals surface area contributed by atoms with Gasteiger partial charge in [0.1, 0.15) is 0 Å². The highest BCUT2D eigenvalue weighted by atomic mass is 35.5. The Morgan fingerprint density at radius 1 is 1.04 bits per heavy atom. The summed E-state index contributed by atoms with van der Waals surface area (Å²) < 4.78 is 0. The van der Waals surface area contributed by atoms with Gasteiger partial charge >= 0.3 is 0 Å². The summed E-state index contributed by atoms with van der Waals surface area (Å²) in [5.74, 6) is 0.322. The molecule has 1 N–H and O–H groups in total. The quantitative estimate of drug-likeness (QED) is 0.821.